The Bertz CT molecular complexity index is 613. The second kappa shape index (κ2) is 4.50. The molecule has 0 bridgehead atoms. The fourth-order valence-corrected chi connectivity index (χ4v) is 3.35. The minimum absolute atomic E-state index is 0.0504. The Balaban J connectivity index is 1.95. The number of nitrogens with zero attached hydrogens (tertiary/aromatic N) is 2. The standard InChI is InChI=1S/C12H11ClN2O2S/c13-8-1-3-14-9-5-10(18-11(8)9)12(17)15-4-2-7(16)6-15/h1,3,5,7,16H,2,4,6H2/t7-/m0/s1. The first-order valence-electron chi connectivity index (χ1n) is 5.66. The molecular weight excluding hydrogens is 272 g/mol. The molecule has 1 aliphatic rings. The SMILES string of the molecule is O=C(c1cc2nccc(Cl)c2s1)N1CC[C@H](O)C1. The second-order valence-electron chi connectivity index (χ2n) is 4.31. The number of carbonyl (C=O) groups is 1. The number of halogens is 1. The van der Waals surface area contributed by atoms with E-state index in [2.05, 4.69) is 4.98 Å². The van der Waals surface area contributed by atoms with Gasteiger partial charge in [0.1, 0.15) is 0 Å². The van der Waals surface area contributed by atoms with Gasteiger partial charge >= 0.3 is 0 Å². The zero-order valence-corrected chi connectivity index (χ0v) is 11.0. The number of hydrogen-bond donors (Lipinski definition) is 1. The van der Waals surface area contributed by atoms with Gasteiger partial charge in [-0.2, -0.15) is 0 Å². The number of rotatable bonds is 1. The molecule has 0 saturated carbocycles. The lowest BCUT2D eigenvalue weighted by Gasteiger charge is -2.13. The normalized spacial score (nSPS) is 19.7. The molecule has 94 valence electrons. The molecule has 0 radical (unpaired) electrons. The number of fused-ring (bicyclic) bond motifs is 1. The van der Waals surface area contributed by atoms with Gasteiger partial charge in [-0.1, -0.05) is 11.6 Å². The van der Waals surface area contributed by atoms with Crippen molar-refractivity contribution in [3.8, 4) is 0 Å². The highest BCUT2D eigenvalue weighted by Crippen LogP contribution is 2.31. The number of hydrogen-bond acceptors (Lipinski definition) is 4. The number of β-amino-alcohol motifs (C(OH)–C–C–N with tert-alkyl or cyclic N) is 1. The molecule has 1 amide bonds. The van der Waals surface area contributed by atoms with E-state index in [1.165, 1.54) is 11.3 Å². The number of aliphatic hydroxyl groups is 1. The van der Waals surface area contributed by atoms with Crippen molar-refractivity contribution in [2.24, 2.45) is 0 Å². The van der Waals surface area contributed by atoms with Gasteiger partial charge in [0, 0.05) is 19.3 Å². The Morgan fingerprint density at radius 1 is 1.61 bits per heavy atom. The van der Waals surface area contributed by atoms with E-state index in [1.54, 1.807) is 23.2 Å². The molecule has 2 aromatic heterocycles. The van der Waals surface area contributed by atoms with Gasteiger partial charge in [0.15, 0.2) is 0 Å². The van der Waals surface area contributed by atoms with E-state index in [4.69, 9.17) is 11.6 Å². The van der Waals surface area contributed by atoms with Gasteiger partial charge in [0.05, 0.1) is 26.2 Å². The molecule has 1 N–H and O–H groups in total. The molecular formula is C12H11ClN2O2S. The van der Waals surface area contributed by atoms with Gasteiger partial charge in [-0.3, -0.25) is 9.78 Å². The van der Waals surface area contributed by atoms with Gasteiger partial charge in [-0.05, 0) is 18.6 Å². The van der Waals surface area contributed by atoms with Crippen LogP contribution in [0.2, 0.25) is 5.02 Å². The Hall–Kier alpha value is -1.17. The van der Waals surface area contributed by atoms with Crippen LogP contribution in [0.5, 0.6) is 0 Å². The van der Waals surface area contributed by atoms with E-state index >= 15 is 0 Å². The van der Waals surface area contributed by atoms with E-state index in [-0.39, 0.29) is 5.91 Å². The van der Waals surface area contributed by atoms with Gasteiger partial charge in [0.25, 0.3) is 5.91 Å². The third-order valence-corrected chi connectivity index (χ3v) is 4.60. The zero-order chi connectivity index (χ0) is 12.7. The molecule has 4 nitrogen and oxygen atoms in total. The van der Waals surface area contributed by atoms with Crippen LogP contribution < -0.4 is 0 Å². The average molecular weight is 283 g/mol. The molecule has 1 saturated heterocycles. The van der Waals surface area contributed by atoms with E-state index in [9.17, 15) is 9.90 Å². The molecule has 6 heteroatoms. The van der Waals surface area contributed by atoms with Crippen LogP contribution in [0, 0.1) is 0 Å². The average Bonchev–Trinajstić information content (AvgIpc) is 2.95. The Kier molecular flexibility index (Phi) is 2.97. The summed E-state index contributed by atoms with van der Waals surface area (Å²) in [6.07, 6.45) is 1.88. The van der Waals surface area contributed by atoms with Crippen LogP contribution in [-0.2, 0) is 0 Å². The van der Waals surface area contributed by atoms with Crippen molar-refractivity contribution in [2.45, 2.75) is 12.5 Å². The predicted molar refractivity (Wildman–Crippen MR) is 71.2 cm³/mol. The molecule has 3 heterocycles. The van der Waals surface area contributed by atoms with E-state index < -0.39 is 6.10 Å². The van der Waals surface area contributed by atoms with Crippen molar-refractivity contribution in [1.82, 2.24) is 9.88 Å². The smallest absolute Gasteiger partial charge is 0.264 e. The molecule has 0 aliphatic carbocycles. The summed E-state index contributed by atoms with van der Waals surface area (Å²) in [7, 11) is 0. The van der Waals surface area contributed by atoms with E-state index in [0.29, 0.717) is 29.4 Å². The van der Waals surface area contributed by atoms with Crippen LogP contribution in [0.15, 0.2) is 18.3 Å². The van der Waals surface area contributed by atoms with Crippen LogP contribution >= 0.6 is 22.9 Å². The first kappa shape index (κ1) is 11.9. The maximum atomic E-state index is 12.2. The molecule has 0 spiro atoms. The first-order chi connectivity index (χ1) is 8.65. The summed E-state index contributed by atoms with van der Waals surface area (Å²) in [6.45, 7) is 1.02. The summed E-state index contributed by atoms with van der Waals surface area (Å²) in [5, 5.41) is 10.1. The van der Waals surface area contributed by atoms with Crippen molar-refractivity contribution >= 4 is 39.1 Å². The summed E-state index contributed by atoms with van der Waals surface area (Å²) in [4.78, 5) is 18.7. The molecule has 1 aliphatic heterocycles. The van der Waals surface area contributed by atoms with Gasteiger partial charge < -0.3 is 10.0 Å². The van der Waals surface area contributed by atoms with Gasteiger partial charge in [-0.15, -0.1) is 11.3 Å². The fourth-order valence-electron chi connectivity index (χ4n) is 2.09. The molecule has 0 unspecified atom stereocenters. The van der Waals surface area contributed by atoms with Crippen LogP contribution in [0.25, 0.3) is 10.2 Å². The number of thiophene rings is 1. The van der Waals surface area contributed by atoms with Crippen molar-refractivity contribution in [2.75, 3.05) is 13.1 Å². The van der Waals surface area contributed by atoms with E-state index in [0.717, 1.165) is 10.2 Å². The van der Waals surface area contributed by atoms with Crippen LogP contribution in [-0.4, -0.2) is 40.1 Å². The lowest BCUT2D eigenvalue weighted by Crippen LogP contribution is -2.28. The summed E-state index contributed by atoms with van der Waals surface area (Å²) >= 11 is 7.42. The molecule has 18 heavy (non-hydrogen) atoms. The molecule has 1 atom stereocenters. The summed E-state index contributed by atoms with van der Waals surface area (Å²) in [6, 6.07) is 3.48. The minimum atomic E-state index is -0.398. The number of carbonyl (C=O) groups excluding carboxylic acids is 1. The Morgan fingerprint density at radius 2 is 2.44 bits per heavy atom. The number of aromatic nitrogens is 1. The molecule has 2 aromatic rings. The van der Waals surface area contributed by atoms with E-state index in [1.807, 2.05) is 0 Å². The summed E-state index contributed by atoms with van der Waals surface area (Å²) < 4.78 is 0.835. The lowest BCUT2D eigenvalue weighted by molar-refractivity contribution is 0.0770. The number of aliphatic hydroxyl groups excluding tert-OH is 1. The van der Waals surface area contributed by atoms with Crippen LogP contribution in [0.3, 0.4) is 0 Å². The third-order valence-electron chi connectivity index (χ3n) is 3.03. The number of amides is 1. The van der Waals surface area contributed by atoms with Crippen molar-refractivity contribution < 1.29 is 9.90 Å². The molecule has 0 aromatic carbocycles. The van der Waals surface area contributed by atoms with Crippen molar-refractivity contribution in [3.63, 3.8) is 0 Å². The summed E-state index contributed by atoms with van der Waals surface area (Å²) in [5.41, 5.74) is 0.746. The molecule has 3 rings (SSSR count). The van der Waals surface area contributed by atoms with Crippen molar-refractivity contribution in [1.29, 1.82) is 0 Å². The maximum Gasteiger partial charge on any atom is 0.264 e. The quantitative estimate of drug-likeness (QED) is 0.872. The van der Waals surface area contributed by atoms with Crippen molar-refractivity contribution in [3.05, 3.63) is 28.2 Å². The first-order valence-corrected chi connectivity index (χ1v) is 6.86. The highest BCUT2D eigenvalue weighted by Gasteiger charge is 2.26. The number of pyridine rings is 1. The predicted octanol–water partition coefficient (Wildman–Crippen LogP) is 2.16. The largest absolute Gasteiger partial charge is 0.391 e. The lowest BCUT2D eigenvalue weighted by atomic mass is 10.3. The fraction of sp³-hybridized carbons (Fsp3) is 0.333. The minimum Gasteiger partial charge on any atom is -0.391 e. The highest BCUT2D eigenvalue weighted by molar-refractivity contribution is 7.21. The summed E-state index contributed by atoms with van der Waals surface area (Å²) in [5.74, 6) is -0.0504. The van der Waals surface area contributed by atoms with Gasteiger partial charge in [0.2, 0.25) is 0 Å². The highest BCUT2D eigenvalue weighted by atomic mass is 35.5. The third kappa shape index (κ3) is 1.98. The Morgan fingerprint density at radius 3 is 3.11 bits per heavy atom. The zero-order valence-electron chi connectivity index (χ0n) is 9.47. The monoisotopic (exact) mass is 282 g/mol. The maximum absolute atomic E-state index is 12.2. The van der Waals surface area contributed by atoms with Crippen LogP contribution in [0.1, 0.15) is 16.1 Å². The van der Waals surface area contributed by atoms with Gasteiger partial charge in [-0.25, -0.2) is 0 Å². The molecule has 1 fully saturated rings. The second-order valence-corrected chi connectivity index (χ2v) is 5.77. The topological polar surface area (TPSA) is 53.4 Å². The van der Waals surface area contributed by atoms with Crippen LogP contribution in [0.4, 0.5) is 0 Å². The number of likely N-dealkylation sites (tertiary alicyclic amines) is 1. The Labute approximate surface area is 113 Å².